The summed E-state index contributed by atoms with van der Waals surface area (Å²) in [6, 6.07) is 0. The molecule has 10 aliphatic rings. The first-order valence-electron chi connectivity index (χ1n) is 21.6. The van der Waals surface area contributed by atoms with Crippen LogP contribution in [0.4, 0.5) is 0 Å². The molecule has 0 aromatic carbocycles. The van der Waals surface area contributed by atoms with Gasteiger partial charge in [-0.25, -0.2) is 0 Å². The third kappa shape index (κ3) is 4.80. The molecule has 2 saturated heterocycles. The standard InChI is InChI=1S/C24H34O3.C23H30O3.H2/c1-14-11-16-12-17(25)5-8-22(16,3)21-15(2)13-23(4)18(20(14)21)6-9-24(23)10-7-19(26)27-24;1-14-12-15-13-16(24)4-8-21(15,2)17-5-9-22(3)18(20(14)17)6-10-23(22)11-7-19(25)26-23;/h12,14-15,18,20-21H,5-11,13H2,1-4H3;5,13-14,18,20H,4,6-12H2,1-3H3;1H/t14-,15-,18?,20?,21?,22+,23+,24?;14-,18?,20?,21+,22+,23?;/m11./s1/i;;1+1. The zero-order valence-electron chi connectivity index (χ0n) is 33.6. The third-order valence-corrected chi connectivity index (χ3v) is 18.9. The van der Waals surface area contributed by atoms with Crippen molar-refractivity contribution in [1.29, 1.82) is 0 Å². The summed E-state index contributed by atoms with van der Waals surface area (Å²) in [7, 11) is 0. The van der Waals surface area contributed by atoms with Crippen LogP contribution < -0.4 is 0 Å². The number of carbonyl (C=O) groups excluding carboxylic acids is 4. The van der Waals surface area contributed by atoms with Gasteiger partial charge in [0.1, 0.15) is 11.2 Å². The van der Waals surface area contributed by atoms with Gasteiger partial charge < -0.3 is 9.47 Å². The Morgan fingerprint density at radius 2 is 1.23 bits per heavy atom. The Morgan fingerprint density at radius 1 is 0.642 bits per heavy atom. The molecule has 0 N–H and O–H groups in total. The van der Waals surface area contributed by atoms with E-state index in [1.165, 1.54) is 24.0 Å². The molecule has 0 amide bonds. The van der Waals surface area contributed by atoms with Gasteiger partial charge in [0.2, 0.25) is 0 Å². The van der Waals surface area contributed by atoms with E-state index in [0.29, 0.717) is 84.6 Å². The summed E-state index contributed by atoms with van der Waals surface area (Å²) in [6.07, 6.45) is 21.6. The molecule has 14 atom stereocenters. The fourth-order valence-corrected chi connectivity index (χ4v) is 16.3. The van der Waals surface area contributed by atoms with E-state index in [1.807, 2.05) is 12.2 Å². The summed E-state index contributed by atoms with van der Waals surface area (Å²) in [5.41, 5.74) is 4.43. The highest BCUT2D eigenvalue weighted by atomic mass is 16.6. The van der Waals surface area contributed by atoms with Crippen LogP contribution >= 0.6 is 0 Å². The fraction of sp³-hybridized carbons (Fsp3) is 0.787. The van der Waals surface area contributed by atoms with Gasteiger partial charge in [-0.3, -0.25) is 19.2 Å². The highest BCUT2D eigenvalue weighted by Gasteiger charge is 2.70. The van der Waals surface area contributed by atoms with Crippen LogP contribution in [0, 0.1) is 69.0 Å². The maximum atomic E-state index is 12.1. The van der Waals surface area contributed by atoms with Crippen molar-refractivity contribution < 1.29 is 30.1 Å². The molecular weight excluding hydrogens is 661 g/mol. The highest BCUT2D eigenvalue weighted by Crippen LogP contribution is 2.72. The van der Waals surface area contributed by atoms with E-state index in [2.05, 4.69) is 54.5 Å². The van der Waals surface area contributed by atoms with Crippen molar-refractivity contribution in [2.24, 2.45) is 69.0 Å². The smallest absolute Gasteiger partial charge is 0.306 e. The predicted molar refractivity (Wildman–Crippen MR) is 205 cm³/mol. The minimum Gasteiger partial charge on any atom is -0.458 e. The van der Waals surface area contributed by atoms with Crippen LogP contribution in [0.3, 0.4) is 0 Å². The Hall–Kier alpha value is -2.50. The van der Waals surface area contributed by atoms with Gasteiger partial charge in [-0.05, 0) is 142 Å². The van der Waals surface area contributed by atoms with E-state index in [4.69, 9.17) is 9.47 Å². The number of ketones is 2. The SMILES string of the molecule is C[C@@H]1CC2=CC(=O)CC[C@]2(C)C2=CC[C@@]3(C)C(CCC34CCC(=O)O4)C21.C[C@@H]1CC2=CC(=O)CC[C@]2(C)C2C1C1CCC3(CCC(=O)O3)[C@@]1(C)C[C@H]2C.[2HH]. The molecule has 6 nitrogen and oxygen atoms in total. The molecule has 0 radical (unpaired) electrons. The molecule has 53 heavy (non-hydrogen) atoms. The quantitative estimate of drug-likeness (QED) is 0.182. The van der Waals surface area contributed by atoms with E-state index in [0.717, 1.165) is 64.2 Å². The largest absolute Gasteiger partial charge is 0.458 e. The second-order valence-corrected chi connectivity index (χ2v) is 21.1. The monoisotopic (exact) mass is 727 g/mol. The van der Waals surface area contributed by atoms with Gasteiger partial charge >= 0.3 is 11.9 Å². The van der Waals surface area contributed by atoms with Crippen LogP contribution in [0.15, 0.2) is 34.9 Å². The van der Waals surface area contributed by atoms with Crippen LogP contribution in [-0.4, -0.2) is 34.7 Å². The van der Waals surface area contributed by atoms with E-state index in [9.17, 15) is 19.2 Å². The number of carbonyl (C=O) groups is 4. The first-order chi connectivity index (χ1) is 25.0. The van der Waals surface area contributed by atoms with E-state index in [1.54, 1.807) is 5.57 Å². The van der Waals surface area contributed by atoms with Crippen LogP contribution in [0.1, 0.15) is 153 Å². The lowest BCUT2D eigenvalue weighted by atomic mass is 9.42. The Kier molecular flexibility index (Phi) is 8.02. The molecule has 2 spiro atoms. The van der Waals surface area contributed by atoms with Crippen molar-refractivity contribution in [3.05, 3.63) is 34.9 Å². The summed E-state index contributed by atoms with van der Waals surface area (Å²) in [5, 5.41) is 0. The minimum atomic E-state index is -0.226. The summed E-state index contributed by atoms with van der Waals surface area (Å²) >= 11 is 0. The van der Waals surface area contributed by atoms with E-state index < -0.39 is 0 Å². The first-order valence-corrected chi connectivity index (χ1v) is 21.6. The molecule has 5 saturated carbocycles. The summed E-state index contributed by atoms with van der Waals surface area (Å²) in [4.78, 5) is 48.2. The van der Waals surface area contributed by atoms with Crippen LogP contribution in [-0.2, 0) is 28.7 Å². The van der Waals surface area contributed by atoms with E-state index in [-0.39, 0.29) is 46.2 Å². The van der Waals surface area contributed by atoms with Crippen molar-refractivity contribution in [3.63, 3.8) is 0 Å². The lowest BCUT2D eigenvalue weighted by Gasteiger charge is -2.63. The predicted octanol–water partition coefficient (Wildman–Crippen LogP) is 10.1. The summed E-state index contributed by atoms with van der Waals surface area (Å²) in [6.45, 7) is 16.9. The van der Waals surface area contributed by atoms with Gasteiger partial charge in [0.15, 0.2) is 11.6 Å². The highest BCUT2D eigenvalue weighted by molar-refractivity contribution is 5.92. The Labute approximate surface area is 319 Å². The molecule has 8 aliphatic carbocycles. The molecule has 7 fully saturated rings. The molecule has 0 aromatic rings. The van der Waals surface area contributed by atoms with Gasteiger partial charge in [-0.1, -0.05) is 71.3 Å². The van der Waals surface area contributed by atoms with Gasteiger partial charge in [0.25, 0.3) is 0 Å². The zero-order valence-corrected chi connectivity index (χ0v) is 33.6. The van der Waals surface area contributed by atoms with Crippen LogP contribution in [0.2, 0.25) is 0 Å². The number of ether oxygens (including phenoxy) is 2. The molecule has 2 aliphatic heterocycles. The molecule has 10 rings (SSSR count). The summed E-state index contributed by atoms with van der Waals surface area (Å²) < 4.78 is 12.1. The topological polar surface area (TPSA) is 86.7 Å². The van der Waals surface area contributed by atoms with Gasteiger partial charge in [-0.2, -0.15) is 0 Å². The second-order valence-electron chi connectivity index (χ2n) is 21.1. The molecular formula is C47H66O6. The van der Waals surface area contributed by atoms with Gasteiger partial charge in [-0.15, -0.1) is 0 Å². The number of hydrogen-bond acceptors (Lipinski definition) is 6. The molecule has 6 heteroatoms. The van der Waals surface area contributed by atoms with Crippen molar-refractivity contribution in [2.75, 3.05) is 0 Å². The zero-order chi connectivity index (χ0) is 37.5. The third-order valence-electron chi connectivity index (χ3n) is 18.9. The molecule has 0 aromatic heterocycles. The van der Waals surface area contributed by atoms with E-state index >= 15 is 0 Å². The van der Waals surface area contributed by atoms with Crippen LogP contribution in [0.25, 0.3) is 0 Å². The number of fused-ring (bicyclic) bond motifs is 12. The average molecular weight is 728 g/mol. The maximum absolute atomic E-state index is 12.1. The van der Waals surface area contributed by atoms with Crippen LogP contribution in [0.5, 0.6) is 0 Å². The Bertz CT molecular complexity index is 1760. The maximum Gasteiger partial charge on any atom is 0.306 e. The van der Waals surface area contributed by atoms with Gasteiger partial charge in [0, 0.05) is 43.4 Å². The molecule has 7 unspecified atom stereocenters. The normalized spacial score (nSPS) is 52.1. The first kappa shape index (κ1) is 36.2. The lowest BCUT2D eigenvalue weighted by molar-refractivity contribution is -0.178. The van der Waals surface area contributed by atoms with Crippen molar-refractivity contribution in [1.82, 2.24) is 0 Å². The lowest BCUT2D eigenvalue weighted by Crippen LogP contribution is -2.59. The van der Waals surface area contributed by atoms with Crippen molar-refractivity contribution in [3.8, 4) is 0 Å². The minimum absolute atomic E-state index is 0. The van der Waals surface area contributed by atoms with Gasteiger partial charge in [0.05, 0.1) is 0 Å². The fourth-order valence-electron chi connectivity index (χ4n) is 16.3. The number of esters is 2. The van der Waals surface area contributed by atoms with Crippen molar-refractivity contribution in [2.45, 2.75) is 162 Å². The number of hydrogen-bond donors (Lipinski definition) is 0. The number of rotatable bonds is 0. The molecule has 0 bridgehead atoms. The summed E-state index contributed by atoms with van der Waals surface area (Å²) in [5.74, 6) is 5.60. The van der Waals surface area contributed by atoms with Crippen molar-refractivity contribution >= 4 is 23.5 Å². The second kappa shape index (κ2) is 11.8. The number of allylic oxidation sites excluding steroid dienone is 5. The Morgan fingerprint density at radius 3 is 1.87 bits per heavy atom. The Balaban J connectivity index is 0.000000150. The average Bonchev–Trinajstić information content (AvgIpc) is 3.83. The molecule has 2 heterocycles. The molecule has 290 valence electrons.